The van der Waals surface area contributed by atoms with Crippen LogP contribution in [0.5, 0.6) is 0 Å². The van der Waals surface area contributed by atoms with Gasteiger partial charge in [-0.25, -0.2) is 0 Å². The molecule has 0 saturated carbocycles. The van der Waals surface area contributed by atoms with E-state index in [4.69, 9.17) is 14.6 Å². The summed E-state index contributed by atoms with van der Waals surface area (Å²) in [5.74, 6) is 0. The van der Waals surface area contributed by atoms with Gasteiger partial charge in [0.05, 0.1) is 12.7 Å². The van der Waals surface area contributed by atoms with Gasteiger partial charge < -0.3 is 14.6 Å². The van der Waals surface area contributed by atoms with Crippen molar-refractivity contribution < 1.29 is 14.6 Å². The first-order valence-corrected chi connectivity index (χ1v) is 3.66. The summed E-state index contributed by atoms with van der Waals surface area (Å²) in [6, 6.07) is 0. The maximum absolute atomic E-state index is 8.72. The summed E-state index contributed by atoms with van der Waals surface area (Å²) in [6.07, 6.45) is 2.90. The quantitative estimate of drug-likeness (QED) is 0.617. The van der Waals surface area contributed by atoms with E-state index >= 15 is 0 Å². The van der Waals surface area contributed by atoms with Crippen molar-refractivity contribution in [2.24, 2.45) is 0 Å². The Balaban J connectivity index is 2.25. The fourth-order valence-corrected chi connectivity index (χ4v) is 1.17. The van der Waals surface area contributed by atoms with Crippen molar-refractivity contribution in [3.05, 3.63) is 0 Å². The minimum atomic E-state index is -0.0918. The molecular weight excluding hydrogens is 132 g/mol. The summed E-state index contributed by atoms with van der Waals surface area (Å²) in [5, 5.41) is 8.72. The average molecular weight is 146 g/mol. The largest absolute Gasteiger partial charge is 0.394 e. The van der Waals surface area contributed by atoms with Crippen LogP contribution in [-0.2, 0) is 9.47 Å². The zero-order chi connectivity index (χ0) is 7.40. The molecule has 0 amide bonds. The monoisotopic (exact) mass is 146 g/mol. The molecule has 3 heteroatoms. The van der Waals surface area contributed by atoms with Gasteiger partial charge in [0.25, 0.3) is 0 Å². The maximum atomic E-state index is 8.72. The second-order valence-corrected chi connectivity index (χ2v) is 2.54. The van der Waals surface area contributed by atoms with E-state index in [1.165, 1.54) is 0 Å². The van der Waals surface area contributed by atoms with Crippen molar-refractivity contribution in [1.29, 1.82) is 0 Å². The van der Waals surface area contributed by atoms with E-state index < -0.39 is 0 Å². The average Bonchev–Trinajstić information content (AvgIpc) is 2.05. The smallest absolute Gasteiger partial charge is 0.157 e. The lowest BCUT2D eigenvalue weighted by Crippen LogP contribution is -2.31. The molecule has 0 aromatic heterocycles. The molecule has 1 N–H and O–H groups in total. The van der Waals surface area contributed by atoms with Gasteiger partial charge in [0.1, 0.15) is 0 Å². The lowest BCUT2D eigenvalue weighted by atomic mass is 10.1. The van der Waals surface area contributed by atoms with Crippen LogP contribution in [0.4, 0.5) is 0 Å². The number of aliphatic hydroxyl groups is 1. The van der Waals surface area contributed by atoms with Crippen LogP contribution in [0.2, 0.25) is 0 Å². The minimum Gasteiger partial charge on any atom is -0.394 e. The highest BCUT2D eigenvalue weighted by molar-refractivity contribution is 4.64. The molecule has 0 aromatic carbocycles. The molecule has 0 aliphatic carbocycles. The van der Waals surface area contributed by atoms with Crippen LogP contribution in [0.25, 0.3) is 0 Å². The molecule has 10 heavy (non-hydrogen) atoms. The molecule has 3 nitrogen and oxygen atoms in total. The molecule has 0 spiro atoms. The first kappa shape index (κ1) is 7.98. The molecule has 1 aliphatic heterocycles. The van der Waals surface area contributed by atoms with Crippen molar-refractivity contribution in [3.8, 4) is 0 Å². The van der Waals surface area contributed by atoms with E-state index in [0.29, 0.717) is 0 Å². The third kappa shape index (κ3) is 1.94. The van der Waals surface area contributed by atoms with E-state index in [1.54, 1.807) is 7.11 Å². The van der Waals surface area contributed by atoms with Crippen molar-refractivity contribution in [2.75, 3.05) is 13.7 Å². The highest BCUT2D eigenvalue weighted by Crippen LogP contribution is 2.18. The number of rotatable bonds is 2. The topological polar surface area (TPSA) is 38.7 Å². The fourth-order valence-electron chi connectivity index (χ4n) is 1.17. The number of hydrogen-bond acceptors (Lipinski definition) is 3. The van der Waals surface area contributed by atoms with Crippen LogP contribution in [0.3, 0.4) is 0 Å². The van der Waals surface area contributed by atoms with Crippen molar-refractivity contribution >= 4 is 0 Å². The van der Waals surface area contributed by atoms with Gasteiger partial charge in [-0.15, -0.1) is 0 Å². The Bertz CT molecular complexity index is 84.9. The Morgan fingerprint density at radius 1 is 1.60 bits per heavy atom. The second-order valence-electron chi connectivity index (χ2n) is 2.54. The van der Waals surface area contributed by atoms with Crippen LogP contribution in [0, 0.1) is 0 Å². The predicted molar refractivity (Wildman–Crippen MR) is 36.6 cm³/mol. The molecule has 0 unspecified atom stereocenters. The summed E-state index contributed by atoms with van der Waals surface area (Å²) in [6.45, 7) is 0.111. The van der Waals surface area contributed by atoms with Gasteiger partial charge in [-0.1, -0.05) is 0 Å². The van der Waals surface area contributed by atoms with Gasteiger partial charge in [0, 0.05) is 7.11 Å². The van der Waals surface area contributed by atoms with Gasteiger partial charge in [0.15, 0.2) is 6.29 Å². The third-order valence-corrected chi connectivity index (χ3v) is 1.78. The molecule has 0 bridgehead atoms. The van der Waals surface area contributed by atoms with Gasteiger partial charge in [-0.3, -0.25) is 0 Å². The van der Waals surface area contributed by atoms with Crippen LogP contribution in [0.1, 0.15) is 19.3 Å². The fraction of sp³-hybridized carbons (Fsp3) is 1.00. The minimum absolute atomic E-state index is 0.00120. The Morgan fingerprint density at radius 3 is 3.00 bits per heavy atom. The summed E-state index contributed by atoms with van der Waals surface area (Å²) in [5.41, 5.74) is 0. The standard InChI is InChI=1S/C7H14O3/c1-9-7-4-2-3-6(5-8)10-7/h6-8H,2-5H2,1H3/t6-,7+/m0/s1. The van der Waals surface area contributed by atoms with Gasteiger partial charge >= 0.3 is 0 Å². The van der Waals surface area contributed by atoms with E-state index in [-0.39, 0.29) is 19.0 Å². The Morgan fingerprint density at radius 2 is 2.40 bits per heavy atom. The van der Waals surface area contributed by atoms with Crippen molar-refractivity contribution in [3.63, 3.8) is 0 Å². The summed E-state index contributed by atoms with van der Waals surface area (Å²) < 4.78 is 10.3. The van der Waals surface area contributed by atoms with Gasteiger partial charge in [-0.2, -0.15) is 0 Å². The molecule has 0 radical (unpaired) electrons. The molecule has 1 fully saturated rings. The first-order chi connectivity index (χ1) is 4.86. The van der Waals surface area contributed by atoms with E-state index in [0.717, 1.165) is 19.3 Å². The normalized spacial score (nSPS) is 34.2. The Labute approximate surface area is 60.9 Å². The van der Waals surface area contributed by atoms with Gasteiger partial charge in [-0.05, 0) is 19.3 Å². The number of ether oxygens (including phenoxy) is 2. The molecule has 1 heterocycles. The van der Waals surface area contributed by atoms with E-state index in [9.17, 15) is 0 Å². The third-order valence-electron chi connectivity index (χ3n) is 1.78. The van der Waals surface area contributed by atoms with Crippen molar-refractivity contribution in [2.45, 2.75) is 31.7 Å². The molecule has 1 rings (SSSR count). The van der Waals surface area contributed by atoms with Crippen molar-refractivity contribution in [1.82, 2.24) is 0 Å². The molecule has 60 valence electrons. The lowest BCUT2D eigenvalue weighted by Gasteiger charge is -2.27. The van der Waals surface area contributed by atoms with Crippen LogP contribution in [0.15, 0.2) is 0 Å². The molecule has 1 aliphatic rings. The van der Waals surface area contributed by atoms with E-state index in [2.05, 4.69) is 0 Å². The Hall–Kier alpha value is -0.120. The van der Waals surface area contributed by atoms with Crippen LogP contribution < -0.4 is 0 Å². The zero-order valence-corrected chi connectivity index (χ0v) is 6.25. The maximum Gasteiger partial charge on any atom is 0.157 e. The second kappa shape index (κ2) is 3.91. The van der Waals surface area contributed by atoms with E-state index in [1.807, 2.05) is 0 Å². The van der Waals surface area contributed by atoms with Crippen LogP contribution in [-0.4, -0.2) is 31.2 Å². The molecule has 1 saturated heterocycles. The molecular formula is C7H14O3. The summed E-state index contributed by atoms with van der Waals surface area (Å²) in [4.78, 5) is 0. The molecule has 2 atom stereocenters. The predicted octanol–water partition coefficient (Wildman–Crippen LogP) is 0.520. The molecule has 0 aromatic rings. The summed E-state index contributed by atoms with van der Waals surface area (Å²) >= 11 is 0. The highest BCUT2D eigenvalue weighted by Gasteiger charge is 2.20. The first-order valence-electron chi connectivity index (χ1n) is 3.66. The zero-order valence-electron chi connectivity index (χ0n) is 6.25. The van der Waals surface area contributed by atoms with Gasteiger partial charge in [0.2, 0.25) is 0 Å². The van der Waals surface area contributed by atoms with Crippen LogP contribution >= 0.6 is 0 Å². The highest BCUT2D eigenvalue weighted by atomic mass is 16.7. The number of methoxy groups -OCH3 is 1. The number of hydrogen-bond donors (Lipinski definition) is 1. The Kier molecular flexibility index (Phi) is 3.12. The number of aliphatic hydroxyl groups excluding tert-OH is 1. The lowest BCUT2D eigenvalue weighted by molar-refractivity contribution is -0.187. The summed E-state index contributed by atoms with van der Waals surface area (Å²) in [7, 11) is 1.63. The SMILES string of the molecule is CO[C@H]1CCC[C@@H](CO)O1.